The molecule has 0 bridgehead atoms. The third-order valence-electron chi connectivity index (χ3n) is 4.89. The van der Waals surface area contributed by atoms with Crippen LogP contribution >= 0.6 is 0 Å². The van der Waals surface area contributed by atoms with Crippen LogP contribution < -0.4 is 14.2 Å². The Labute approximate surface area is 161 Å². The molecule has 0 heterocycles. The third-order valence-corrected chi connectivity index (χ3v) is 4.89. The van der Waals surface area contributed by atoms with Crippen LogP contribution in [0.15, 0.2) is 42.5 Å². The zero-order valence-corrected chi connectivity index (χ0v) is 16.4. The molecule has 1 saturated carbocycles. The summed E-state index contributed by atoms with van der Waals surface area (Å²) in [6, 6.07) is 14.3. The highest BCUT2D eigenvalue weighted by Gasteiger charge is 2.31. The van der Waals surface area contributed by atoms with Crippen LogP contribution in [0.5, 0.6) is 17.2 Å². The van der Waals surface area contributed by atoms with E-state index in [0.29, 0.717) is 19.1 Å². The highest BCUT2D eigenvalue weighted by Crippen LogP contribution is 2.34. The molecule has 146 valence electrons. The van der Waals surface area contributed by atoms with E-state index >= 15 is 0 Å². The van der Waals surface area contributed by atoms with E-state index in [4.69, 9.17) is 14.2 Å². The summed E-state index contributed by atoms with van der Waals surface area (Å²) in [6.45, 7) is 3.57. The molecule has 5 heteroatoms. The highest BCUT2D eigenvalue weighted by molar-refractivity contribution is 5.46. The summed E-state index contributed by atoms with van der Waals surface area (Å²) in [4.78, 5) is 2.31. The van der Waals surface area contributed by atoms with Crippen molar-refractivity contribution in [1.29, 1.82) is 0 Å². The van der Waals surface area contributed by atoms with Crippen molar-refractivity contribution in [3.8, 4) is 17.2 Å². The number of methoxy groups -OCH3 is 2. The van der Waals surface area contributed by atoms with Gasteiger partial charge in [-0.15, -0.1) is 0 Å². The molecule has 1 aliphatic rings. The lowest BCUT2D eigenvalue weighted by Gasteiger charge is -2.26. The smallest absolute Gasteiger partial charge is 0.165 e. The first kappa shape index (κ1) is 19.5. The van der Waals surface area contributed by atoms with Gasteiger partial charge in [-0.25, -0.2) is 0 Å². The fourth-order valence-electron chi connectivity index (χ4n) is 3.31. The van der Waals surface area contributed by atoms with Crippen molar-refractivity contribution >= 4 is 0 Å². The maximum Gasteiger partial charge on any atom is 0.165 e. The van der Waals surface area contributed by atoms with Gasteiger partial charge in [0.25, 0.3) is 0 Å². The minimum atomic E-state index is -0.554. The summed E-state index contributed by atoms with van der Waals surface area (Å²) in [5, 5.41) is 10.5. The van der Waals surface area contributed by atoms with Gasteiger partial charge in [-0.3, -0.25) is 4.90 Å². The number of benzene rings is 2. The Morgan fingerprint density at radius 3 is 2.44 bits per heavy atom. The summed E-state index contributed by atoms with van der Waals surface area (Å²) >= 11 is 0. The van der Waals surface area contributed by atoms with E-state index in [-0.39, 0.29) is 6.61 Å². The molecule has 0 radical (unpaired) electrons. The second-order valence-electron chi connectivity index (χ2n) is 7.04. The molecule has 0 spiro atoms. The second-order valence-corrected chi connectivity index (χ2v) is 7.04. The summed E-state index contributed by atoms with van der Waals surface area (Å²) in [7, 11) is 3.31. The van der Waals surface area contributed by atoms with Crippen molar-refractivity contribution in [3.63, 3.8) is 0 Å². The van der Waals surface area contributed by atoms with E-state index in [9.17, 15) is 5.11 Å². The van der Waals surface area contributed by atoms with Gasteiger partial charge in [0.1, 0.15) is 18.5 Å². The van der Waals surface area contributed by atoms with Crippen LogP contribution in [0.1, 0.15) is 24.0 Å². The quantitative estimate of drug-likeness (QED) is 0.694. The van der Waals surface area contributed by atoms with Crippen molar-refractivity contribution < 1.29 is 19.3 Å². The number of aryl methyl sites for hydroxylation is 1. The molecule has 0 aromatic heterocycles. The first-order valence-electron chi connectivity index (χ1n) is 9.42. The Morgan fingerprint density at radius 1 is 1.04 bits per heavy atom. The van der Waals surface area contributed by atoms with E-state index in [1.165, 1.54) is 0 Å². The molecule has 1 N–H and O–H groups in total. The van der Waals surface area contributed by atoms with E-state index in [0.717, 1.165) is 41.2 Å². The zero-order valence-electron chi connectivity index (χ0n) is 16.4. The van der Waals surface area contributed by atoms with Crippen LogP contribution in [0.4, 0.5) is 0 Å². The third kappa shape index (κ3) is 5.15. The van der Waals surface area contributed by atoms with Crippen LogP contribution in [-0.4, -0.2) is 49.5 Å². The van der Waals surface area contributed by atoms with Crippen LogP contribution in [-0.2, 0) is 6.54 Å². The number of aliphatic hydroxyl groups is 1. The molecule has 5 nitrogen and oxygen atoms in total. The summed E-state index contributed by atoms with van der Waals surface area (Å²) < 4.78 is 16.8. The van der Waals surface area contributed by atoms with E-state index in [1.807, 2.05) is 49.4 Å². The van der Waals surface area contributed by atoms with Gasteiger partial charge in [-0.05, 0) is 37.5 Å². The monoisotopic (exact) mass is 371 g/mol. The molecule has 1 fully saturated rings. The molecule has 0 saturated heterocycles. The number of nitrogens with zero attached hydrogens (tertiary/aromatic N) is 1. The van der Waals surface area contributed by atoms with Crippen LogP contribution in [0.2, 0.25) is 0 Å². The molecule has 1 aliphatic carbocycles. The largest absolute Gasteiger partial charge is 0.493 e. The normalized spacial score (nSPS) is 14.9. The SMILES string of the molecule is COc1cccc(CN(CC(O)COc2ccccc2C)C2CC2)c1OC. The average Bonchev–Trinajstić information content (AvgIpc) is 3.52. The first-order valence-corrected chi connectivity index (χ1v) is 9.42. The topological polar surface area (TPSA) is 51.2 Å². The van der Waals surface area contributed by atoms with E-state index in [1.54, 1.807) is 14.2 Å². The van der Waals surface area contributed by atoms with Gasteiger partial charge in [-0.2, -0.15) is 0 Å². The molecule has 0 amide bonds. The molecule has 2 aromatic rings. The lowest BCUT2D eigenvalue weighted by molar-refractivity contribution is 0.0621. The van der Waals surface area contributed by atoms with Crippen molar-refractivity contribution in [3.05, 3.63) is 53.6 Å². The van der Waals surface area contributed by atoms with Gasteiger partial charge in [0.05, 0.1) is 14.2 Å². The summed E-state index contributed by atoms with van der Waals surface area (Å²) in [5.41, 5.74) is 2.14. The predicted octanol–water partition coefficient (Wildman–Crippen LogP) is 3.42. The van der Waals surface area contributed by atoms with Gasteiger partial charge < -0.3 is 19.3 Å². The number of hydrogen-bond acceptors (Lipinski definition) is 5. The Kier molecular flexibility index (Phi) is 6.58. The molecular weight excluding hydrogens is 342 g/mol. The molecule has 1 atom stereocenters. The minimum absolute atomic E-state index is 0.281. The van der Waals surface area contributed by atoms with Crippen LogP contribution in [0.3, 0.4) is 0 Å². The lowest BCUT2D eigenvalue weighted by atomic mass is 10.1. The Hall–Kier alpha value is -2.24. The number of aliphatic hydroxyl groups excluding tert-OH is 1. The summed E-state index contributed by atoms with van der Waals surface area (Å²) in [6.07, 6.45) is 1.77. The van der Waals surface area contributed by atoms with E-state index < -0.39 is 6.10 Å². The van der Waals surface area contributed by atoms with Gasteiger partial charge in [-0.1, -0.05) is 30.3 Å². The van der Waals surface area contributed by atoms with E-state index in [2.05, 4.69) is 4.90 Å². The number of ether oxygens (including phenoxy) is 3. The van der Waals surface area contributed by atoms with Crippen molar-refractivity contribution in [1.82, 2.24) is 4.90 Å². The van der Waals surface area contributed by atoms with Gasteiger partial charge >= 0.3 is 0 Å². The zero-order chi connectivity index (χ0) is 19.2. The highest BCUT2D eigenvalue weighted by atomic mass is 16.5. The fourth-order valence-corrected chi connectivity index (χ4v) is 3.31. The Morgan fingerprint density at radius 2 is 1.78 bits per heavy atom. The first-order chi connectivity index (χ1) is 13.1. The van der Waals surface area contributed by atoms with Gasteiger partial charge in [0.15, 0.2) is 11.5 Å². The maximum absolute atomic E-state index is 10.5. The fraction of sp³-hybridized carbons (Fsp3) is 0.455. The molecule has 27 heavy (non-hydrogen) atoms. The maximum atomic E-state index is 10.5. The second kappa shape index (κ2) is 9.11. The predicted molar refractivity (Wildman–Crippen MR) is 106 cm³/mol. The number of para-hydroxylation sites is 2. The Bertz CT molecular complexity index is 745. The van der Waals surface area contributed by atoms with Crippen LogP contribution in [0, 0.1) is 6.92 Å². The average molecular weight is 371 g/mol. The molecule has 3 rings (SSSR count). The lowest BCUT2D eigenvalue weighted by Crippen LogP contribution is -2.36. The molecule has 0 aliphatic heterocycles. The summed E-state index contributed by atoms with van der Waals surface area (Å²) in [5.74, 6) is 2.31. The minimum Gasteiger partial charge on any atom is -0.493 e. The number of rotatable bonds is 10. The Balaban J connectivity index is 1.62. The molecule has 2 aromatic carbocycles. The molecule has 1 unspecified atom stereocenters. The van der Waals surface area contributed by atoms with Crippen molar-refractivity contribution in [2.45, 2.75) is 38.5 Å². The number of hydrogen-bond donors (Lipinski definition) is 1. The standard InChI is InChI=1S/C22H29NO4/c1-16-7-4-5-9-20(16)27-15-19(24)14-23(18-11-12-18)13-17-8-6-10-21(25-2)22(17)26-3/h4-10,18-19,24H,11-15H2,1-3H3. The molecular formula is C22H29NO4. The van der Waals surface area contributed by atoms with Gasteiger partial charge in [0, 0.05) is 24.7 Å². The van der Waals surface area contributed by atoms with Crippen molar-refractivity contribution in [2.24, 2.45) is 0 Å². The van der Waals surface area contributed by atoms with Crippen LogP contribution in [0.25, 0.3) is 0 Å². The van der Waals surface area contributed by atoms with Gasteiger partial charge in [0.2, 0.25) is 0 Å². The van der Waals surface area contributed by atoms with Crippen molar-refractivity contribution in [2.75, 3.05) is 27.4 Å².